The van der Waals surface area contributed by atoms with Crippen molar-refractivity contribution in [2.45, 2.75) is 13.5 Å². The fourth-order valence-corrected chi connectivity index (χ4v) is 2.45. The number of aromatic nitrogens is 1. The van der Waals surface area contributed by atoms with Crippen LogP contribution in [0.1, 0.15) is 12.5 Å². The molecule has 4 heteroatoms. The molecular weight excluding hydrogens is 276 g/mol. The van der Waals surface area contributed by atoms with Gasteiger partial charge in [0.15, 0.2) is 0 Å². The summed E-state index contributed by atoms with van der Waals surface area (Å²) < 4.78 is 0. The summed E-state index contributed by atoms with van der Waals surface area (Å²) in [6, 6.07) is 17.1. The van der Waals surface area contributed by atoms with Gasteiger partial charge in [-0.05, 0) is 29.8 Å². The number of rotatable bonds is 3. The van der Waals surface area contributed by atoms with Crippen LogP contribution in [0.3, 0.4) is 0 Å². The van der Waals surface area contributed by atoms with Gasteiger partial charge in [-0.1, -0.05) is 30.3 Å². The number of amides is 1. The topological polar surface area (TPSA) is 62.2 Å². The molecular formula is C18H16N2O2. The monoisotopic (exact) mass is 292 g/mol. The molecule has 0 aliphatic rings. The Balaban J connectivity index is 2.04. The minimum atomic E-state index is -0.0980. The summed E-state index contributed by atoms with van der Waals surface area (Å²) >= 11 is 0. The number of para-hydroxylation sites is 1. The third-order valence-corrected chi connectivity index (χ3v) is 3.47. The quantitative estimate of drug-likeness (QED) is 0.778. The van der Waals surface area contributed by atoms with Crippen molar-refractivity contribution in [3.8, 4) is 11.3 Å². The number of nitrogens with one attached hydrogen (secondary N) is 1. The Morgan fingerprint density at radius 1 is 1.14 bits per heavy atom. The van der Waals surface area contributed by atoms with E-state index in [0.717, 1.165) is 33.4 Å². The number of aliphatic hydroxyl groups is 1. The Labute approximate surface area is 128 Å². The van der Waals surface area contributed by atoms with Crippen LogP contribution in [-0.2, 0) is 11.4 Å². The summed E-state index contributed by atoms with van der Waals surface area (Å²) in [5.74, 6) is -0.0980. The number of hydrogen-bond acceptors (Lipinski definition) is 3. The van der Waals surface area contributed by atoms with Crippen LogP contribution in [0.15, 0.2) is 54.6 Å². The maximum absolute atomic E-state index is 11.0. The molecule has 0 saturated carbocycles. The van der Waals surface area contributed by atoms with Gasteiger partial charge in [0.1, 0.15) is 0 Å². The average Bonchev–Trinajstić information content (AvgIpc) is 2.54. The molecule has 3 aromatic rings. The second-order valence-corrected chi connectivity index (χ2v) is 5.10. The first-order valence-electron chi connectivity index (χ1n) is 7.05. The van der Waals surface area contributed by atoms with Crippen LogP contribution in [0.25, 0.3) is 22.2 Å². The lowest BCUT2D eigenvalue weighted by Gasteiger charge is -2.09. The maximum atomic E-state index is 11.0. The molecule has 0 unspecified atom stereocenters. The minimum absolute atomic E-state index is 0.0278. The first-order valence-corrected chi connectivity index (χ1v) is 7.05. The summed E-state index contributed by atoms with van der Waals surface area (Å²) in [5, 5.41) is 13.3. The van der Waals surface area contributed by atoms with E-state index in [1.165, 1.54) is 6.92 Å². The number of aliphatic hydroxyl groups excluding tert-OH is 1. The molecule has 1 aromatic heterocycles. The Morgan fingerprint density at radius 3 is 2.55 bits per heavy atom. The highest BCUT2D eigenvalue weighted by atomic mass is 16.3. The number of nitrogens with zero attached hydrogens (tertiary/aromatic N) is 1. The summed E-state index contributed by atoms with van der Waals surface area (Å²) in [5.41, 5.74) is 4.20. The zero-order valence-corrected chi connectivity index (χ0v) is 12.2. The van der Waals surface area contributed by atoms with E-state index in [4.69, 9.17) is 0 Å². The number of carbonyl (C=O) groups excluding carboxylic acids is 1. The fourth-order valence-electron chi connectivity index (χ4n) is 2.45. The molecule has 0 saturated heterocycles. The first kappa shape index (κ1) is 14.2. The predicted molar refractivity (Wildman–Crippen MR) is 87.4 cm³/mol. The van der Waals surface area contributed by atoms with E-state index >= 15 is 0 Å². The molecule has 3 rings (SSSR count). The van der Waals surface area contributed by atoms with E-state index < -0.39 is 0 Å². The molecule has 0 bridgehead atoms. The Kier molecular flexibility index (Phi) is 3.85. The summed E-state index contributed by atoms with van der Waals surface area (Å²) in [6.07, 6.45) is 0. The molecule has 22 heavy (non-hydrogen) atoms. The Morgan fingerprint density at radius 2 is 1.86 bits per heavy atom. The predicted octanol–water partition coefficient (Wildman–Crippen LogP) is 3.35. The fraction of sp³-hybridized carbons (Fsp3) is 0.111. The Bertz CT molecular complexity index is 826. The van der Waals surface area contributed by atoms with Gasteiger partial charge in [-0.25, -0.2) is 4.98 Å². The van der Waals surface area contributed by atoms with E-state index in [-0.39, 0.29) is 12.5 Å². The van der Waals surface area contributed by atoms with Crippen molar-refractivity contribution >= 4 is 22.5 Å². The highest BCUT2D eigenvalue weighted by Gasteiger charge is 2.07. The number of benzene rings is 2. The highest BCUT2D eigenvalue weighted by Crippen LogP contribution is 2.25. The number of fused-ring (bicyclic) bond motifs is 1. The standard InChI is InChI=1S/C18H16N2O2/c1-12(22)19-15-8-6-13(7-9-15)18-10-14(11-21)16-4-2-3-5-17(16)20-18/h2-10,21H,11H2,1H3,(H,19,22). The molecule has 1 amide bonds. The molecule has 4 nitrogen and oxygen atoms in total. The van der Waals surface area contributed by atoms with Gasteiger partial charge in [0.25, 0.3) is 0 Å². The molecule has 2 aromatic carbocycles. The van der Waals surface area contributed by atoms with Gasteiger partial charge >= 0.3 is 0 Å². The minimum Gasteiger partial charge on any atom is -0.392 e. The number of pyridine rings is 1. The normalized spacial score (nSPS) is 10.6. The molecule has 0 aliphatic heterocycles. The second-order valence-electron chi connectivity index (χ2n) is 5.10. The molecule has 0 radical (unpaired) electrons. The molecule has 0 atom stereocenters. The van der Waals surface area contributed by atoms with Crippen LogP contribution in [0.4, 0.5) is 5.69 Å². The third kappa shape index (κ3) is 2.82. The van der Waals surface area contributed by atoms with E-state index in [1.807, 2.05) is 54.6 Å². The average molecular weight is 292 g/mol. The summed E-state index contributed by atoms with van der Waals surface area (Å²) in [6.45, 7) is 1.45. The van der Waals surface area contributed by atoms with Crippen LogP contribution in [-0.4, -0.2) is 16.0 Å². The highest BCUT2D eigenvalue weighted by molar-refractivity contribution is 5.89. The van der Waals surface area contributed by atoms with Gasteiger partial charge in [-0.15, -0.1) is 0 Å². The zero-order valence-electron chi connectivity index (χ0n) is 12.2. The molecule has 0 fully saturated rings. The number of anilines is 1. The molecule has 110 valence electrons. The van der Waals surface area contributed by atoms with Crippen molar-refractivity contribution in [1.29, 1.82) is 0 Å². The van der Waals surface area contributed by atoms with Crippen LogP contribution in [0, 0.1) is 0 Å². The van der Waals surface area contributed by atoms with Crippen molar-refractivity contribution in [3.05, 3.63) is 60.2 Å². The molecule has 0 aliphatic carbocycles. The van der Waals surface area contributed by atoms with Gasteiger partial charge in [0, 0.05) is 23.6 Å². The van der Waals surface area contributed by atoms with Gasteiger partial charge in [-0.3, -0.25) is 4.79 Å². The maximum Gasteiger partial charge on any atom is 0.221 e. The number of hydrogen-bond donors (Lipinski definition) is 2. The number of carbonyl (C=O) groups is 1. The van der Waals surface area contributed by atoms with Crippen molar-refractivity contribution in [3.63, 3.8) is 0 Å². The third-order valence-electron chi connectivity index (χ3n) is 3.47. The zero-order chi connectivity index (χ0) is 15.5. The van der Waals surface area contributed by atoms with Crippen molar-refractivity contribution in [2.24, 2.45) is 0 Å². The van der Waals surface area contributed by atoms with Crippen molar-refractivity contribution < 1.29 is 9.90 Å². The molecule has 0 spiro atoms. The lowest BCUT2D eigenvalue weighted by atomic mass is 10.0. The smallest absolute Gasteiger partial charge is 0.221 e. The van der Waals surface area contributed by atoms with Gasteiger partial charge in [0.2, 0.25) is 5.91 Å². The molecule has 1 heterocycles. The van der Waals surface area contributed by atoms with Gasteiger partial charge in [0.05, 0.1) is 17.8 Å². The van der Waals surface area contributed by atoms with Crippen LogP contribution in [0.2, 0.25) is 0 Å². The van der Waals surface area contributed by atoms with E-state index in [1.54, 1.807) is 0 Å². The lowest BCUT2D eigenvalue weighted by Crippen LogP contribution is -2.05. The summed E-state index contributed by atoms with van der Waals surface area (Å²) in [4.78, 5) is 15.7. The van der Waals surface area contributed by atoms with Crippen LogP contribution < -0.4 is 5.32 Å². The van der Waals surface area contributed by atoms with E-state index in [0.29, 0.717) is 0 Å². The van der Waals surface area contributed by atoms with E-state index in [2.05, 4.69) is 10.3 Å². The van der Waals surface area contributed by atoms with Gasteiger partial charge in [-0.2, -0.15) is 0 Å². The summed E-state index contributed by atoms with van der Waals surface area (Å²) in [7, 11) is 0. The lowest BCUT2D eigenvalue weighted by molar-refractivity contribution is -0.114. The second kappa shape index (κ2) is 5.95. The SMILES string of the molecule is CC(=O)Nc1ccc(-c2cc(CO)c3ccccc3n2)cc1. The van der Waals surface area contributed by atoms with Gasteiger partial charge < -0.3 is 10.4 Å². The van der Waals surface area contributed by atoms with Crippen molar-refractivity contribution in [1.82, 2.24) is 4.98 Å². The first-order chi connectivity index (χ1) is 10.7. The molecule has 2 N–H and O–H groups in total. The van der Waals surface area contributed by atoms with Crippen molar-refractivity contribution in [2.75, 3.05) is 5.32 Å². The Hall–Kier alpha value is -2.72. The van der Waals surface area contributed by atoms with E-state index in [9.17, 15) is 9.90 Å². The largest absolute Gasteiger partial charge is 0.392 e. The van der Waals surface area contributed by atoms with Crippen LogP contribution in [0.5, 0.6) is 0 Å². The van der Waals surface area contributed by atoms with Crippen LogP contribution >= 0.6 is 0 Å².